The molecule has 2 aliphatic rings. The van der Waals surface area contributed by atoms with Gasteiger partial charge in [-0.15, -0.1) is 0 Å². The van der Waals surface area contributed by atoms with Gasteiger partial charge in [-0.05, 0) is 45.3 Å². The van der Waals surface area contributed by atoms with E-state index in [1.165, 1.54) is 0 Å². The van der Waals surface area contributed by atoms with Gasteiger partial charge in [0.15, 0.2) is 5.78 Å². The lowest BCUT2D eigenvalue weighted by Crippen LogP contribution is -2.41. The molecule has 5 heteroatoms. The molecule has 1 aromatic carbocycles. The van der Waals surface area contributed by atoms with Gasteiger partial charge in [-0.1, -0.05) is 6.07 Å². The molecule has 1 N–H and O–H groups in total. The number of carbonyl (C=O) groups is 1. The lowest BCUT2D eigenvalue weighted by molar-refractivity contribution is 0.00578. The molecule has 0 aliphatic carbocycles. The molecular weight excluding hydrogens is 241 g/mol. The lowest BCUT2D eigenvalue weighted by Gasteiger charge is -2.32. The SMILES string of the molecule is CC1(C)OB(c2ccc3c(c2)NCC3=O)OC1(C)C. The molecule has 0 radical (unpaired) electrons. The Morgan fingerprint density at radius 3 is 2.42 bits per heavy atom. The van der Waals surface area contributed by atoms with Crippen molar-refractivity contribution >= 4 is 24.1 Å². The van der Waals surface area contributed by atoms with Crippen LogP contribution in [0.15, 0.2) is 18.2 Å². The van der Waals surface area contributed by atoms with Crippen LogP contribution < -0.4 is 10.8 Å². The van der Waals surface area contributed by atoms with Crippen molar-refractivity contribution in [2.45, 2.75) is 38.9 Å². The van der Waals surface area contributed by atoms with E-state index in [1.807, 2.05) is 45.9 Å². The first kappa shape index (κ1) is 12.7. The highest BCUT2D eigenvalue weighted by atomic mass is 16.7. The van der Waals surface area contributed by atoms with Crippen molar-refractivity contribution < 1.29 is 14.1 Å². The van der Waals surface area contributed by atoms with Gasteiger partial charge in [-0.3, -0.25) is 4.79 Å². The van der Waals surface area contributed by atoms with E-state index in [2.05, 4.69) is 5.32 Å². The molecule has 100 valence electrons. The van der Waals surface area contributed by atoms with Crippen LogP contribution in [0.5, 0.6) is 0 Å². The Hall–Kier alpha value is -1.33. The second-order valence-electron chi connectivity index (χ2n) is 6.17. The molecule has 2 heterocycles. The van der Waals surface area contributed by atoms with Gasteiger partial charge in [0, 0.05) is 11.3 Å². The minimum atomic E-state index is -0.382. The van der Waals surface area contributed by atoms with Crippen molar-refractivity contribution in [2.75, 3.05) is 11.9 Å². The van der Waals surface area contributed by atoms with E-state index in [4.69, 9.17) is 9.31 Å². The fourth-order valence-electron chi connectivity index (χ4n) is 2.35. The van der Waals surface area contributed by atoms with E-state index in [1.54, 1.807) is 0 Å². The number of anilines is 1. The largest absolute Gasteiger partial charge is 0.494 e. The molecule has 1 aromatic rings. The smallest absolute Gasteiger partial charge is 0.399 e. The van der Waals surface area contributed by atoms with Gasteiger partial charge in [0.1, 0.15) is 0 Å². The van der Waals surface area contributed by atoms with E-state index in [0.717, 1.165) is 16.7 Å². The maximum absolute atomic E-state index is 11.6. The van der Waals surface area contributed by atoms with Gasteiger partial charge in [-0.2, -0.15) is 0 Å². The maximum atomic E-state index is 11.6. The molecule has 0 unspecified atom stereocenters. The number of rotatable bonds is 1. The molecule has 0 atom stereocenters. The summed E-state index contributed by atoms with van der Waals surface area (Å²) < 4.78 is 12.0. The normalized spacial score (nSPS) is 23.4. The van der Waals surface area contributed by atoms with E-state index in [0.29, 0.717) is 6.54 Å². The monoisotopic (exact) mass is 259 g/mol. The highest BCUT2D eigenvalue weighted by Gasteiger charge is 2.51. The van der Waals surface area contributed by atoms with Crippen molar-refractivity contribution in [1.29, 1.82) is 0 Å². The first-order valence-electron chi connectivity index (χ1n) is 6.57. The molecule has 19 heavy (non-hydrogen) atoms. The first-order valence-corrected chi connectivity index (χ1v) is 6.57. The average Bonchev–Trinajstić information content (AvgIpc) is 2.78. The summed E-state index contributed by atoms with van der Waals surface area (Å²) in [5.41, 5.74) is 1.87. The molecule has 0 amide bonds. The van der Waals surface area contributed by atoms with Gasteiger partial charge in [0.05, 0.1) is 17.7 Å². The number of carbonyl (C=O) groups excluding carboxylic acids is 1. The summed E-state index contributed by atoms with van der Waals surface area (Å²) in [6.07, 6.45) is 0. The summed E-state index contributed by atoms with van der Waals surface area (Å²) in [4.78, 5) is 11.6. The number of hydrogen-bond donors (Lipinski definition) is 1. The predicted octanol–water partition coefficient (Wildman–Crippen LogP) is 1.59. The minimum absolute atomic E-state index is 0.135. The first-order chi connectivity index (χ1) is 8.80. The maximum Gasteiger partial charge on any atom is 0.494 e. The molecule has 0 saturated carbocycles. The van der Waals surface area contributed by atoms with Crippen LogP contribution in [0, 0.1) is 0 Å². The van der Waals surface area contributed by atoms with Gasteiger partial charge in [-0.25, -0.2) is 0 Å². The highest BCUT2D eigenvalue weighted by molar-refractivity contribution is 6.62. The summed E-state index contributed by atoms with van der Waals surface area (Å²) in [7, 11) is -0.382. The topological polar surface area (TPSA) is 47.6 Å². The average molecular weight is 259 g/mol. The van der Waals surface area contributed by atoms with Gasteiger partial charge < -0.3 is 14.6 Å². The third-order valence-electron chi connectivity index (χ3n) is 4.31. The molecule has 2 aliphatic heterocycles. The van der Waals surface area contributed by atoms with Crippen LogP contribution >= 0.6 is 0 Å². The van der Waals surface area contributed by atoms with Crippen molar-refractivity contribution in [3.05, 3.63) is 23.8 Å². The standard InChI is InChI=1S/C14H18BNO3/c1-13(2)14(3,4)19-15(18-13)9-5-6-10-11(7-9)16-8-12(10)17/h5-7,16H,8H2,1-4H3. The van der Waals surface area contributed by atoms with Crippen LogP contribution in [0.25, 0.3) is 0 Å². The zero-order chi connectivity index (χ0) is 13.8. The number of hydrogen-bond acceptors (Lipinski definition) is 4. The van der Waals surface area contributed by atoms with E-state index in [-0.39, 0.29) is 24.1 Å². The number of nitrogens with one attached hydrogen (secondary N) is 1. The Kier molecular flexibility index (Phi) is 2.56. The van der Waals surface area contributed by atoms with Crippen LogP contribution in [0.2, 0.25) is 0 Å². The molecule has 1 fully saturated rings. The number of ketones is 1. The van der Waals surface area contributed by atoms with Crippen molar-refractivity contribution in [2.24, 2.45) is 0 Å². The summed E-state index contributed by atoms with van der Waals surface area (Å²) in [6, 6.07) is 5.70. The van der Waals surface area contributed by atoms with Crippen molar-refractivity contribution in [1.82, 2.24) is 0 Å². The Labute approximate surface area is 113 Å². The van der Waals surface area contributed by atoms with Crippen LogP contribution in [0.4, 0.5) is 5.69 Å². The second kappa shape index (κ2) is 3.84. The number of fused-ring (bicyclic) bond motifs is 1. The van der Waals surface area contributed by atoms with Gasteiger partial charge in [0.25, 0.3) is 0 Å². The van der Waals surface area contributed by atoms with Gasteiger partial charge in [0.2, 0.25) is 0 Å². The van der Waals surface area contributed by atoms with Crippen LogP contribution in [-0.4, -0.2) is 30.6 Å². The summed E-state index contributed by atoms with van der Waals surface area (Å²) in [5, 5.41) is 3.09. The quantitative estimate of drug-likeness (QED) is 0.778. The second-order valence-corrected chi connectivity index (χ2v) is 6.17. The van der Waals surface area contributed by atoms with E-state index < -0.39 is 0 Å². The number of benzene rings is 1. The molecule has 0 spiro atoms. The molecule has 0 bridgehead atoms. The fourth-order valence-corrected chi connectivity index (χ4v) is 2.35. The summed E-state index contributed by atoms with van der Waals surface area (Å²) in [5.74, 6) is 0.135. The number of Topliss-reactive ketones (excluding diaryl/α,β-unsaturated/α-hetero) is 1. The Bertz CT molecular complexity index is 538. The third-order valence-corrected chi connectivity index (χ3v) is 4.31. The Morgan fingerprint density at radius 2 is 1.79 bits per heavy atom. The van der Waals surface area contributed by atoms with Crippen molar-refractivity contribution in [3.63, 3.8) is 0 Å². The highest BCUT2D eigenvalue weighted by Crippen LogP contribution is 2.36. The fraction of sp³-hybridized carbons (Fsp3) is 0.500. The Balaban J connectivity index is 1.91. The Morgan fingerprint density at radius 1 is 1.16 bits per heavy atom. The minimum Gasteiger partial charge on any atom is -0.399 e. The van der Waals surface area contributed by atoms with Crippen LogP contribution in [0.3, 0.4) is 0 Å². The lowest BCUT2D eigenvalue weighted by atomic mass is 9.78. The van der Waals surface area contributed by atoms with E-state index in [9.17, 15) is 4.79 Å². The zero-order valence-electron chi connectivity index (χ0n) is 11.7. The zero-order valence-corrected chi connectivity index (χ0v) is 11.7. The molecule has 1 saturated heterocycles. The van der Waals surface area contributed by atoms with E-state index >= 15 is 0 Å². The van der Waals surface area contributed by atoms with Crippen LogP contribution in [-0.2, 0) is 9.31 Å². The van der Waals surface area contributed by atoms with Crippen LogP contribution in [0.1, 0.15) is 38.1 Å². The summed E-state index contributed by atoms with van der Waals surface area (Å²) in [6.45, 7) is 8.50. The van der Waals surface area contributed by atoms with Gasteiger partial charge >= 0.3 is 7.12 Å². The molecule has 3 rings (SSSR count). The molecular formula is C14H18BNO3. The molecule has 0 aromatic heterocycles. The van der Waals surface area contributed by atoms with Crippen molar-refractivity contribution in [3.8, 4) is 0 Å². The summed E-state index contributed by atoms with van der Waals surface area (Å²) >= 11 is 0. The molecule has 4 nitrogen and oxygen atoms in total. The predicted molar refractivity (Wildman–Crippen MR) is 75.0 cm³/mol. The third kappa shape index (κ3) is 1.88.